The first-order valence-corrected chi connectivity index (χ1v) is 7.83. The fourth-order valence-corrected chi connectivity index (χ4v) is 2.88. The van der Waals surface area contributed by atoms with Crippen LogP contribution in [0.3, 0.4) is 0 Å². The summed E-state index contributed by atoms with van der Waals surface area (Å²) >= 11 is 0. The fourth-order valence-electron chi connectivity index (χ4n) is 2.88. The van der Waals surface area contributed by atoms with Gasteiger partial charge in [0.2, 0.25) is 0 Å². The first-order chi connectivity index (χ1) is 8.67. The Labute approximate surface area is 114 Å². The van der Waals surface area contributed by atoms with Crippen LogP contribution < -0.4 is 5.32 Å². The van der Waals surface area contributed by atoms with Crippen LogP contribution in [-0.2, 0) is 0 Å². The van der Waals surface area contributed by atoms with Gasteiger partial charge in [0.25, 0.3) is 0 Å². The molecule has 1 atom stereocenters. The lowest BCUT2D eigenvalue weighted by molar-refractivity contribution is 0.131. The molecule has 0 radical (unpaired) electrons. The van der Waals surface area contributed by atoms with Gasteiger partial charge in [0.15, 0.2) is 0 Å². The Morgan fingerprint density at radius 1 is 1.28 bits per heavy atom. The molecule has 0 aromatic carbocycles. The summed E-state index contributed by atoms with van der Waals surface area (Å²) in [5.41, 5.74) is 0. The predicted octanol–water partition coefficient (Wildman–Crippen LogP) is 2.18. The molecule has 0 saturated carbocycles. The van der Waals surface area contributed by atoms with Crippen molar-refractivity contribution in [3.63, 3.8) is 0 Å². The standard InChI is InChI=1S/C15H33N3/c1-5-7-14(3)16-10-13-17(4)15-8-11-18(6-2)12-9-15/h14-16H,5-13H2,1-4H3. The summed E-state index contributed by atoms with van der Waals surface area (Å²) in [6, 6.07) is 1.47. The van der Waals surface area contributed by atoms with E-state index in [0.29, 0.717) is 6.04 Å². The largest absolute Gasteiger partial charge is 0.313 e. The molecule has 18 heavy (non-hydrogen) atoms. The van der Waals surface area contributed by atoms with Gasteiger partial charge in [-0.05, 0) is 52.9 Å². The van der Waals surface area contributed by atoms with Crippen molar-refractivity contribution in [1.29, 1.82) is 0 Å². The molecule has 1 aliphatic heterocycles. The quantitative estimate of drug-likeness (QED) is 0.717. The molecule has 1 aliphatic rings. The number of nitrogens with one attached hydrogen (secondary N) is 1. The summed E-state index contributed by atoms with van der Waals surface area (Å²) < 4.78 is 0. The number of hydrogen-bond acceptors (Lipinski definition) is 3. The minimum atomic E-state index is 0.672. The molecular formula is C15H33N3. The van der Waals surface area contributed by atoms with E-state index in [4.69, 9.17) is 0 Å². The summed E-state index contributed by atoms with van der Waals surface area (Å²) in [6.45, 7) is 12.9. The molecule has 1 heterocycles. The van der Waals surface area contributed by atoms with E-state index in [1.165, 1.54) is 51.9 Å². The highest BCUT2D eigenvalue weighted by Gasteiger charge is 2.21. The van der Waals surface area contributed by atoms with Crippen LogP contribution in [0.4, 0.5) is 0 Å². The average molecular weight is 255 g/mol. The molecule has 0 spiro atoms. The fraction of sp³-hybridized carbons (Fsp3) is 1.00. The monoisotopic (exact) mass is 255 g/mol. The van der Waals surface area contributed by atoms with E-state index in [-0.39, 0.29) is 0 Å². The lowest BCUT2D eigenvalue weighted by Crippen LogP contribution is -2.45. The summed E-state index contributed by atoms with van der Waals surface area (Å²) in [5.74, 6) is 0. The van der Waals surface area contributed by atoms with Crippen LogP contribution in [0.15, 0.2) is 0 Å². The second-order valence-corrected chi connectivity index (χ2v) is 5.79. The van der Waals surface area contributed by atoms with Crippen LogP contribution in [0, 0.1) is 0 Å². The van der Waals surface area contributed by atoms with E-state index in [9.17, 15) is 0 Å². The summed E-state index contributed by atoms with van der Waals surface area (Å²) in [5, 5.41) is 3.62. The average Bonchev–Trinajstić information content (AvgIpc) is 2.39. The zero-order valence-corrected chi connectivity index (χ0v) is 12.9. The van der Waals surface area contributed by atoms with Crippen molar-refractivity contribution in [1.82, 2.24) is 15.1 Å². The van der Waals surface area contributed by atoms with Crippen LogP contribution in [0.5, 0.6) is 0 Å². The molecule has 0 bridgehead atoms. The highest BCUT2D eigenvalue weighted by atomic mass is 15.2. The molecule has 0 aromatic heterocycles. The Kier molecular flexibility index (Phi) is 7.87. The Balaban J connectivity index is 2.11. The molecule has 3 nitrogen and oxygen atoms in total. The lowest BCUT2D eigenvalue weighted by Gasteiger charge is -2.36. The molecule has 1 saturated heterocycles. The SMILES string of the molecule is CCCC(C)NCCN(C)C1CCN(CC)CC1. The normalized spacial score (nSPS) is 20.5. The summed E-state index contributed by atoms with van der Waals surface area (Å²) in [4.78, 5) is 5.12. The van der Waals surface area contributed by atoms with Crippen LogP contribution in [0.1, 0.15) is 46.5 Å². The smallest absolute Gasteiger partial charge is 0.0117 e. The van der Waals surface area contributed by atoms with Gasteiger partial charge in [0, 0.05) is 25.2 Å². The zero-order valence-electron chi connectivity index (χ0n) is 12.9. The first kappa shape index (κ1) is 15.9. The van der Waals surface area contributed by atoms with Gasteiger partial charge < -0.3 is 15.1 Å². The van der Waals surface area contributed by atoms with Crippen LogP contribution >= 0.6 is 0 Å². The maximum absolute atomic E-state index is 3.62. The van der Waals surface area contributed by atoms with Gasteiger partial charge >= 0.3 is 0 Å². The van der Waals surface area contributed by atoms with E-state index in [1.54, 1.807) is 0 Å². The van der Waals surface area contributed by atoms with E-state index in [0.717, 1.165) is 12.6 Å². The van der Waals surface area contributed by atoms with Crippen molar-refractivity contribution in [2.75, 3.05) is 39.8 Å². The Morgan fingerprint density at radius 3 is 2.50 bits per heavy atom. The second-order valence-electron chi connectivity index (χ2n) is 5.79. The molecule has 108 valence electrons. The van der Waals surface area contributed by atoms with E-state index < -0.39 is 0 Å². The van der Waals surface area contributed by atoms with Gasteiger partial charge in [-0.15, -0.1) is 0 Å². The third-order valence-corrected chi connectivity index (χ3v) is 4.31. The first-order valence-electron chi connectivity index (χ1n) is 7.83. The van der Waals surface area contributed by atoms with Gasteiger partial charge in [-0.1, -0.05) is 20.3 Å². The van der Waals surface area contributed by atoms with Crippen LogP contribution in [-0.4, -0.2) is 61.7 Å². The number of piperidine rings is 1. The Bertz CT molecular complexity index is 200. The van der Waals surface area contributed by atoms with Gasteiger partial charge in [-0.25, -0.2) is 0 Å². The topological polar surface area (TPSA) is 18.5 Å². The summed E-state index contributed by atoms with van der Waals surface area (Å²) in [6.07, 6.45) is 5.25. The van der Waals surface area contributed by atoms with E-state index in [2.05, 4.69) is 42.9 Å². The summed E-state index contributed by atoms with van der Waals surface area (Å²) in [7, 11) is 2.29. The van der Waals surface area contributed by atoms with Crippen molar-refractivity contribution < 1.29 is 0 Å². The minimum absolute atomic E-state index is 0.672. The zero-order chi connectivity index (χ0) is 13.4. The highest BCUT2D eigenvalue weighted by Crippen LogP contribution is 2.14. The van der Waals surface area contributed by atoms with Gasteiger partial charge in [-0.2, -0.15) is 0 Å². The Hall–Kier alpha value is -0.120. The number of rotatable bonds is 8. The third kappa shape index (κ3) is 5.68. The molecular weight excluding hydrogens is 222 g/mol. The van der Waals surface area contributed by atoms with Crippen molar-refractivity contribution in [3.8, 4) is 0 Å². The number of likely N-dealkylation sites (tertiary alicyclic amines) is 1. The number of likely N-dealkylation sites (N-methyl/N-ethyl adjacent to an activating group) is 1. The highest BCUT2D eigenvalue weighted by molar-refractivity contribution is 4.78. The van der Waals surface area contributed by atoms with Gasteiger partial charge in [0.05, 0.1) is 0 Å². The van der Waals surface area contributed by atoms with Crippen molar-refractivity contribution in [3.05, 3.63) is 0 Å². The number of hydrogen-bond donors (Lipinski definition) is 1. The maximum Gasteiger partial charge on any atom is 0.0117 e. The lowest BCUT2D eigenvalue weighted by atomic mass is 10.0. The predicted molar refractivity (Wildman–Crippen MR) is 80.1 cm³/mol. The molecule has 1 rings (SSSR count). The van der Waals surface area contributed by atoms with Crippen LogP contribution in [0.25, 0.3) is 0 Å². The van der Waals surface area contributed by atoms with Gasteiger partial charge in [0.1, 0.15) is 0 Å². The molecule has 1 unspecified atom stereocenters. The molecule has 1 fully saturated rings. The Morgan fingerprint density at radius 2 is 1.94 bits per heavy atom. The van der Waals surface area contributed by atoms with Crippen molar-refractivity contribution in [2.45, 2.75) is 58.5 Å². The molecule has 1 N–H and O–H groups in total. The van der Waals surface area contributed by atoms with Gasteiger partial charge in [-0.3, -0.25) is 0 Å². The van der Waals surface area contributed by atoms with E-state index in [1.807, 2.05) is 0 Å². The molecule has 0 aromatic rings. The van der Waals surface area contributed by atoms with Crippen molar-refractivity contribution in [2.24, 2.45) is 0 Å². The molecule has 0 aliphatic carbocycles. The second kappa shape index (κ2) is 8.89. The van der Waals surface area contributed by atoms with E-state index >= 15 is 0 Å². The third-order valence-electron chi connectivity index (χ3n) is 4.31. The number of nitrogens with zero attached hydrogens (tertiary/aromatic N) is 2. The molecule has 3 heteroatoms. The minimum Gasteiger partial charge on any atom is -0.313 e. The van der Waals surface area contributed by atoms with Crippen LogP contribution in [0.2, 0.25) is 0 Å². The maximum atomic E-state index is 3.62. The molecule has 0 amide bonds. The van der Waals surface area contributed by atoms with Crippen molar-refractivity contribution >= 4 is 0 Å².